The summed E-state index contributed by atoms with van der Waals surface area (Å²) in [6.45, 7) is 4.95. The van der Waals surface area contributed by atoms with E-state index in [-0.39, 0.29) is 0 Å². The van der Waals surface area contributed by atoms with E-state index in [1.165, 1.54) is 0 Å². The van der Waals surface area contributed by atoms with Gasteiger partial charge in [0.15, 0.2) is 0 Å². The predicted molar refractivity (Wildman–Crippen MR) is 57.5 cm³/mol. The summed E-state index contributed by atoms with van der Waals surface area (Å²) in [6.07, 6.45) is 5.60. The van der Waals surface area contributed by atoms with Crippen LogP contribution in [-0.2, 0) is 6.54 Å². The van der Waals surface area contributed by atoms with Gasteiger partial charge in [0.05, 0.1) is 12.2 Å². The van der Waals surface area contributed by atoms with Crippen LogP contribution in [0.1, 0.15) is 31.0 Å². The first-order chi connectivity index (χ1) is 7.25. The van der Waals surface area contributed by atoms with Crippen molar-refractivity contribution in [3.05, 3.63) is 42.0 Å². The summed E-state index contributed by atoms with van der Waals surface area (Å²) >= 11 is 0. The van der Waals surface area contributed by atoms with Gasteiger partial charge >= 0.3 is 0 Å². The van der Waals surface area contributed by atoms with E-state index in [0.717, 1.165) is 17.8 Å². The molecule has 0 fully saturated rings. The molecule has 0 spiro atoms. The van der Waals surface area contributed by atoms with E-state index in [1.54, 1.807) is 6.20 Å². The second kappa shape index (κ2) is 4.21. The van der Waals surface area contributed by atoms with Crippen LogP contribution < -0.4 is 0 Å². The molecule has 2 aromatic rings. The fourth-order valence-electron chi connectivity index (χ4n) is 1.33. The quantitative estimate of drug-likeness (QED) is 0.762. The second-order valence-electron chi connectivity index (χ2n) is 3.86. The Hall–Kier alpha value is -1.71. The Labute approximate surface area is 89.0 Å². The normalized spacial score (nSPS) is 10.9. The molecule has 78 valence electrons. The Kier molecular flexibility index (Phi) is 2.76. The highest BCUT2D eigenvalue weighted by molar-refractivity contribution is 5.09. The van der Waals surface area contributed by atoms with Gasteiger partial charge in [-0.3, -0.25) is 4.98 Å². The molecule has 0 aliphatic rings. The third-order valence-electron chi connectivity index (χ3n) is 2.22. The first-order valence-electron chi connectivity index (χ1n) is 5.04. The van der Waals surface area contributed by atoms with Crippen molar-refractivity contribution in [3.8, 4) is 0 Å². The Morgan fingerprint density at radius 1 is 1.40 bits per heavy atom. The topological polar surface area (TPSA) is 43.6 Å². The highest BCUT2D eigenvalue weighted by atomic mass is 15.4. The number of hydrogen-bond donors (Lipinski definition) is 0. The molecule has 0 atom stereocenters. The molecule has 0 aromatic carbocycles. The summed E-state index contributed by atoms with van der Waals surface area (Å²) in [7, 11) is 0. The van der Waals surface area contributed by atoms with Crippen LogP contribution in [0.3, 0.4) is 0 Å². The number of pyridine rings is 1. The maximum Gasteiger partial charge on any atom is 0.0852 e. The molecule has 0 bridgehead atoms. The van der Waals surface area contributed by atoms with Crippen molar-refractivity contribution < 1.29 is 0 Å². The molecule has 15 heavy (non-hydrogen) atoms. The summed E-state index contributed by atoms with van der Waals surface area (Å²) < 4.78 is 1.84. The van der Waals surface area contributed by atoms with Gasteiger partial charge in [-0.15, -0.1) is 5.10 Å². The third kappa shape index (κ3) is 2.40. The Morgan fingerprint density at radius 2 is 2.27 bits per heavy atom. The SMILES string of the molecule is CC(C)c1cn(Cc2cccnc2)nn1. The summed E-state index contributed by atoms with van der Waals surface area (Å²) in [5.41, 5.74) is 2.16. The number of nitrogens with zero attached hydrogens (tertiary/aromatic N) is 4. The van der Waals surface area contributed by atoms with Gasteiger partial charge in [-0.05, 0) is 17.5 Å². The lowest BCUT2D eigenvalue weighted by molar-refractivity contribution is 0.647. The van der Waals surface area contributed by atoms with Crippen LogP contribution in [0.15, 0.2) is 30.7 Å². The molecule has 0 unspecified atom stereocenters. The monoisotopic (exact) mass is 202 g/mol. The van der Waals surface area contributed by atoms with Gasteiger partial charge in [0.1, 0.15) is 0 Å². The van der Waals surface area contributed by atoms with Crippen LogP contribution in [0.25, 0.3) is 0 Å². The van der Waals surface area contributed by atoms with Crippen LogP contribution in [0.5, 0.6) is 0 Å². The van der Waals surface area contributed by atoms with Crippen LogP contribution in [0.2, 0.25) is 0 Å². The van der Waals surface area contributed by atoms with Gasteiger partial charge in [0.2, 0.25) is 0 Å². The van der Waals surface area contributed by atoms with Crippen molar-refractivity contribution in [1.82, 2.24) is 20.0 Å². The summed E-state index contributed by atoms with van der Waals surface area (Å²) in [5.74, 6) is 0.424. The van der Waals surface area contributed by atoms with E-state index in [1.807, 2.05) is 29.2 Å². The lowest BCUT2D eigenvalue weighted by Gasteiger charge is -1.99. The zero-order valence-electron chi connectivity index (χ0n) is 8.96. The predicted octanol–water partition coefficient (Wildman–Crippen LogP) is 1.84. The average molecular weight is 202 g/mol. The molecule has 0 amide bonds. The van der Waals surface area contributed by atoms with E-state index in [4.69, 9.17) is 0 Å². The fourth-order valence-corrected chi connectivity index (χ4v) is 1.33. The summed E-state index contributed by atoms with van der Waals surface area (Å²) in [6, 6.07) is 3.96. The van der Waals surface area contributed by atoms with Gasteiger partial charge in [0, 0.05) is 18.6 Å². The zero-order chi connectivity index (χ0) is 10.7. The van der Waals surface area contributed by atoms with Crippen LogP contribution in [0, 0.1) is 0 Å². The van der Waals surface area contributed by atoms with E-state index in [9.17, 15) is 0 Å². The minimum Gasteiger partial charge on any atom is -0.264 e. The molecule has 0 saturated heterocycles. The van der Waals surface area contributed by atoms with E-state index < -0.39 is 0 Å². The molecular formula is C11H14N4. The van der Waals surface area contributed by atoms with Crippen molar-refractivity contribution in [2.45, 2.75) is 26.3 Å². The lowest BCUT2D eigenvalue weighted by Crippen LogP contribution is -2.00. The highest BCUT2D eigenvalue weighted by Crippen LogP contribution is 2.09. The number of aromatic nitrogens is 4. The van der Waals surface area contributed by atoms with Crippen molar-refractivity contribution in [1.29, 1.82) is 0 Å². The molecular weight excluding hydrogens is 188 g/mol. The van der Waals surface area contributed by atoms with Crippen molar-refractivity contribution in [3.63, 3.8) is 0 Å². The summed E-state index contributed by atoms with van der Waals surface area (Å²) in [4.78, 5) is 4.06. The van der Waals surface area contributed by atoms with Gasteiger partial charge in [-0.2, -0.15) is 0 Å². The Bertz CT molecular complexity index is 419. The molecule has 2 rings (SSSR count). The molecule has 2 heterocycles. The molecule has 0 saturated carbocycles. The van der Waals surface area contributed by atoms with E-state index >= 15 is 0 Å². The highest BCUT2D eigenvalue weighted by Gasteiger charge is 2.04. The number of hydrogen-bond acceptors (Lipinski definition) is 3. The second-order valence-corrected chi connectivity index (χ2v) is 3.86. The molecule has 0 aliphatic carbocycles. The minimum atomic E-state index is 0.424. The smallest absolute Gasteiger partial charge is 0.0852 e. The van der Waals surface area contributed by atoms with Crippen LogP contribution in [0.4, 0.5) is 0 Å². The van der Waals surface area contributed by atoms with Crippen molar-refractivity contribution in [2.24, 2.45) is 0 Å². The van der Waals surface area contributed by atoms with Gasteiger partial charge in [-0.1, -0.05) is 25.1 Å². The standard InChI is InChI=1S/C11H14N4/c1-9(2)11-8-15(14-13-11)7-10-4-3-5-12-6-10/h3-6,8-9H,7H2,1-2H3. The van der Waals surface area contributed by atoms with Crippen molar-refractivity contribution in [2.75, 3.05) is 0 Å². The minimum absolute atomic E-state index is 0.424. The molecule has 4 nitrogen and oxygen atoms in total. The van der Waals surface area contributed by atoms with Gasteiger partial charge < -0.3 is 0 Å². The summed E-state index contributed by atoms with van der Waals surface area (Å²) in [5, 5.41) is 8.18. The molecule has 2 aromatic heterocycles. The van der Waals surface area contributed by atoms with Crippen LogP contribution >= 0.6 is 0 Å². The van der Waals surface area contributed by atoms with E-state index in [0.29, 0.717) is 5.92 Å². The largest absolute Gasteiger partial charge is 0.264 e. The number of rotatable bonds is 3. The Balaban J connectivity index is 2.12. The molecule has 0 aliphatic heterocycles. The molecule has 0 radical (unpaired) electrons. The zero-order valence-corrected chi connectivity index (χ0v) is 8.96. The lowest BCUT2D eigenvalue weighted by atomic mass is 10.2. The van der Waals surface area contributed by atoms with Gasteiger partial charge in [-0.25, -0.2) is 4.68 Å². The first kappa shape index (κ1) is 9.83. The average Bonchev–Trinajstić information content (AvgIpc) is 2.68. The van der Waals surface area contributed by atoms with E-state index in [2.05, 4.69) is 29.1 Å². The maximum atomic E-state index is 4.10. The van der Waals surface area contributed by atoms with Crippen LogP contribution in [-0.4, -0.2) is 20.0 Å². The van der Waals surface area contributed by atoms with Crippen molar-refractivity contribution >= 4 is 0 Å². The van der Waals surface area contributed by atoms with Gasteiger partial charge in [0.25, 0.3) is 0 Å². The fraction of sp³-hybridized carbons (Fsp3) is 0.364. The first-order valence-corrected chi connectivity index (χ1v) is 5.04. The molecule has 4 heteroatoms. The Morgan fingerprint density at radius 3 is 2.87 bits per heavy atom. The maximum absolute atomic E-state index is 4.10. The third-order valence-corrected chi connectivity index (χ3v) is 2.22. The molecule has 0 N–H and O–H groups in total.